The van der Waals surface area contributed by atoms with Crippen LogP contribution >= 0.6 is 0 Å². The molecule has 2 heterocycles. The summed E-state index contributed by atoms with van der Waals surface area (Å²) in [6.45, 7) is -0.185. The number of fused-ring (bicyclic) bond motifs is 1. The van der Waals surface area contributed by atoms with Crippen LogP contribution in [0.3, 0.4) is 0 Å². The Kier molecular flexibility index (Phi) is 1.48. The van der Waals surface area contributed by atoms with E-state index in [-0.39, 0.29) is 6.61 Å². The van der Waals surface area contributed by atoms with Gasteiger partial charge in [0.05, 0.1) is 0 Å². The molecule has 2 rings (SSSR count). The van der Waals surface area contributed by atoms with Crippen LogP contribution in [0.1, 0.15) is 5.76 Å². The number of hydrogen-bond acceptors (Lipinski definition) is 4. The summed E-state index contributed by atoms with van der Waals surface area (Å²) in [5, 5.41) is 8.70. The first-order chi connectivity index (χ1) is 5.79. The van der Waals surface area contributed by atoms with Gasteiger partial charge in [0.25, 0.3) is 0 Å². The predicted octanol–water partition coefficient (Wildman–Crippen LogP) is 0.830. The van der Waals surface area contributed by atoms with E-state index < -0.39 is 5.63 Å². The third kappa shape index (κ3) is 1.02. The highest BCUT2D eigenvalue weighted by atomic mass is 16.4. The number of rotatable bonds is 1. The maximum atomic E-state index is 10.7. The van der Waals surface area contributed by atoms with Gasteiger partial charge in [-0.3, -0.25) is 0 Å². The molecule has 4 heteroatoms. The molecule has 0 saturated heterocycles. The van der Waals surface area contributed by atoms with Crippen molar-refractivity contribution in [1.29, 1.82) is 0 Å². The van der Waals surface area contributed by atoms with Crippen molar-refractivity contribution in [2.24, 2.45) is 0 Å². The molecule has 0 radical (unpaired) electrons. The zero-order valence-electron chi connectivity index (χ0n) is 6.11. The Hall–Kier alpha value is -1.55. The number of aliphatic hydroxyl groups is 1. The molecule has 0 aromatic carbocycles. The smallest absolute Gasteiger partial charge is 0.337 e. The molecule has 0 bridgehead atoms. The van der Waals surface area contributed by atoms with Crippen molar-refractivity contribution in [2.45, 2.75) is 6.61 Å². The summed E-state index contributed by atoms with van der Waals surface area (Å²) in [7, 11) is 0. The quantitative estimate of drug-likeness (QED) is 0.681. The molecule has 0 aliphatic carbocycles. The molecule has 62 valence electrons. The molecular weight excluding hydrogens is 160 g/mol. The number of furan rings is 1. The SMILES string of the molecule is O=c1cc2cc(CO)occ-2o1. The Morgan fingerprint density at radius 3 is 3.00 bits per heavy atom. The van der Waals surface area contributed by atoms with Crippen molar-refractivity contribution in [2.75, 3.05) is 0 Å². The van der Waals surface area contributed by atoms with Crippen LogP contribution in [0.15, 0.2) is 32.0 Å². The maximum absolute atomic E-state index is 10.7. The number of aliphatic hydroxyl groups excluding tert-OH is 1. The van der Waals surface area contributed by atoms with Gasteiger partial charge < -0.3 is 13.9 Å². The van der Waals surface area contributed by atoms with E-state index in [1.165, 1.54) is 12.3 Å². The van der Waals surface area contributed by atoms with Crippen molar-refractivity contribution in [3.8, 4) is 11.3 Å². The largest absolute Gasteiger partial charge is 0.463 e. The molecule has 0 aromatic heterocycles. The minimum absolute atomic E-state index is 0.185. The lowest BCUT2D eigenvalue weighted by Crippen LogP contribution is -1.84. The topological polar surface area (TPSA) is 63.6 Å². The predicted molar refractivity (Wildman–Crippen MR) is 39.8 cm³/mol. The van der Waals surface area contributed by atoms with Crippen molar-refractivity contribution >= 4 is 0 Å². The van der Waals surface area contributed by atoms with Gasteiger partial charge in [-0.25, -0.2) is 4.79 Å². The van der Waals surface area contributed by atoms with E-state index >= 15 is 0 Å². The number of hydrogen-bond donors (Lipinski definition) is 1. The summed E-state index contributed by atoms with van der Waals surface area (Å²) in [5.74, 6) is 0.806. The van der Waals surface area contributed by atoms with Crippen LogP contribution in [0, 0.1) is 0 Å². The van der Waals surface area contributed by atoms with Crippen molar-refractivity contribution in [3.63, 3.8) is 0 Å². The van der Waals surface area contributed by atoms with Crippen LogP contribution in [-0.2, 0) is 6.61 Å². The Balaban J connectivity index is 2.67. The van der Waals surface area contributed by atoms with Crippen LogP contribution in [0.4, 0.5) is 0 Å². The van der Waals surface area contributed by atoms with E-state index in [2.05, 4.69) is 0 Å². The summed E-state index contributed by atoms with van der Waals surface area (Å²) >= 11 is 0. The molecule has 0 amide bonds. The Bertz CT molecular complexity index is 412. The zero-order valence-corrected chi connectivity index (χ0v) is 6.11. The monoisotopic (exact) mass is 166 g/mol. The van der Waals surface area contributed by atoms with Gasteiger partial charge in [0.2, 0.25) is 0 Å². The first-order valence-electron chi connectivity index (χ1n) is 3.42. The molecular formula is C8H6O4. The van der Waals surface area contributed by atoms with Gasteiger partial charge >= 0.3 is 5.63 Å². The lowest BCUT2D eigenvalue weighted by Gasteiger charge is -1.97. The molecule has 0 unspecified atom stereocenters. The molecule has 0 spiro atoms. The first kappa shape index (κ1) is 7.12. The van der Waals surface area contributed by atoms with Crippen LogP contribution < -0.4 is 5.63 Å². The van der Waals surface area contributed by atoms with Crippen LogP contribution in [-0.4, -0.2) is 5.11 Å². The van der Waals surface area contributed by atoms with Crippen LogP contribution in [0.2, 0.25) is 0 Å². The normalized spacial score (nSPS) is 10.8. The summed E-state index contributed by atoms with van der Waals surface area (Å²) in [5.41, 5.74) is 0.241. The average Bonchev–Trinajstić information content (AvgIpc) is 2.43. The molecule has 12 heavy (non-hydrogen) atoms. The van der Waals surface area contributed by atoms with Gasteiger partial charge in [0, 0.05) is 11.6 Å². The fourth-order valence-electron chi connectivity index (χ4n) is 1.02. The summed E-state index contributed by atoms with van der Waals surface area (Å²) < 4.78 is 9.66. The van der Waals surface area contributed by atoms with Crippen molar-refractivity contribution < 1.29 is 13.9 Å². The van der Waals surface area contributed by atoms with Crippen molar-refractivity contribution in [1.82, 2.24) is 0 Å². The van der Waals surface area contributed by atoms with Gasteiger partial charge in [-0.05, 0) is 6.07 Å². The van der Waals surface area contributed by atoms with E-state index in [1.807, 2.05) is 0 Å². The molecule has 0 atom stereocenters. The van der Waals surface area contributed by atoms with Gasteiger partial charge in [-0.2, -0.15) is 0 Å². The highest BCUT2D eigenvalue weighted by Crippen LogP contribution is 2.21. The second-order valence-corrected chi connectivity index (χ2v) is 2.39. The lowest BCUT2D eigenvalue weighted by molar-refractivity contribution is 0.243. The minimum atomic E-state index is -0.407. The highest BCUT2D eigenvalue weighted by Gasteiger charge is 2.09. The van der Waals surface area contributed by atoms with Gasteiger partial charge in [-0.15, -0.1) is 0 Å². The third-order valence-corrected chi connectivity index (χ3v) is 1.56. The molecule has 4 nitrogen and oxygen atoms in total. The van der Waals surface area contributed by atoms with Gasteiger partial charge in [-0.1, -0.05) is 0 Å². The fourth-order valence-corrected chi connectivity index (χ4v) is 1.02. The van der Waals surface area contributed by atoms with Crippen LogP contribution in [0.25, 0.3) is 11.3 Å². The second kappa shape index (κ2) is 2.49. The van der Waals surface area contributed by atoms with E-state index in [0.29, 0.717) is 17.1 Å². The Labute approximate surface area is 67.4 Å². The fraction of sp³-hybridized carbons (Fsp3) is 0.125. The summed E-state index contributed by atoms with van der Waals surface area (Å²) in [6.07, 6.45) is 1.31. The molecule has 2 aliphatic heterocycles. The molecule has 1 N–H and O–H groups in total. The Morgan fingerprint density at radius 1 is 1.42 bits per heavy atom. The first-order valence-corrected chi connectivity index (χ1v) is 3.42. The average molecular weight is 166 g/mol. The van der Waals surface area contributed by atoms with Gasteiger partial charge in [0.15, 0.2) is 5.76 Å². The lowest BCUT2D eigenvalue weighted by atomic mass is 10.2. The van der Waals surface area contributed by atoms with Crippen molar-refractivity contribution in [3.05, 3.63) is 34.6 Å². The van der Waals surface area contributed by atoms with E-state index in [9.17, 15) is 4.79 Å². The van der Waals surface area contributed by atoms with Crippen LogP contribution in [0.5, 0.6) is 0 Å². The summed E-state index contributed by atoms with van der Waals surface area (Å²) in [4.78, 5) is 10.7. The van der Waals surface area contributed by atoms with Gasteiger partial charge in [0.1, 0.15) is 18.6 Å². The second-order valence-electron chi connectivity index (χ2n) is 2.39. The molecule has 0 saturated carbocycles. The molecule has 0 aromatic rings. The highest BCUT2D eigenvalue weighted by molar-refractivity contribution is 5.56. The Morgan fingerprint density at radius 2 is 2.25 bits per heavy atom. The minimum Gasteiger partial charge on any atom is -0.463 e. The molecule has 0 fully saturated rings. The van der Waals surface area contributed by atoms with E-state index in [1.54, 1.807) is 6.07 Å². The van der Waals surface area contributed by atoms with E-state index in [4.69, 9.17) is 13.9 Å². The molecule has 2 aliphatic rings. The van der Waals surface area contributed by atoms with E-state index in [0.717, 1.165) is 0 Å². The third-order valence-electron chi connectivity index (χ3n) is 1.56. The summed E-state index contributed by atoms with van der Waals surface area (Å²) in [6, 6.07) is 2.92. The standard InChI is InChI=1S/C8H6O4/c9-3-6-1-5-2-8(10)12-7(5)4-11-6/h1-2,4,9H,3H2. The zero-order chi connectivity index (χ0) is 8.55. The maximum Gasteiger partial charge on any atom is 0.337 e.